The monoisotopic (exact) mass is 288 g/mol. The smallest absolute Gasteiger partial charge is 0.406 e. The van der Waals surface area contributed by atoms with Gasteiger partial charge in [-0.1, -0.05) is 60.7 Å². The maximum Gasteiger partial charge on any atom is 0.406 e. The summed E-state index contributed by atoms with van der Waals surface area (Å²) >= 11 is 0. The second kappa shape index (κ2) is 6.37. The molecule has 0 aliphatic heterocycles. The maximum atomic E-state index is 14.4. The molecule has 3 N–H and O–H groups in total. The molecule has 2 unspecified atom stereocenters. The van der Waals surface area contributed by atoms with Crippen LogP contribution in [-0.4, -0.2) is 11.2 Å². The molecule has 0 saturated heterocycles. The molecule has 0 spiro atoms. The Morgan fingerprint density at radius 1 is 1.10 bits per heavy atom. The number of alkyl halides is 1. The van der Waals surface area contributed by atoms with Gasteiger partial charge in [-0.2, -0.15) is 0 Å². The van der Waals surface area contributed by atoms with Gasteiger partial charge in [0.2, 0.25) is 0 Å². The normalized spacial score (nSPS) is 15.0. The number of halogens is 1. The Kier molecular flexibility index (Phi) is 4.55. The topological polar surface area (TPSA) is 61.4 Å². The molecule has 110 valence electrons. The molecule has 0 aromatic heterocycles. The Hall–Kier alpha value is -2.40. The third-order valence-electron chi connectivity index (χ3n) is 3.22. The van der Waals surface area contributed by atoms with E-state index in [1.54, 1.807) is 61.5 Å². The van der Waals surface area contributed by atoms with Crippen LogP contribution >= 0.6 is 0 Å². The van der Waals surface area contributed by atoms with Crippen LogP contribution in [0.5, 0.6) is 0 Å². The van der Waals surface area contributed by atoms with Gasteiger partial charge in [0.15, 0.2) is 6.30 Å². The lowest BCUT2D eigenvalue weighted by molar-refractivity contribution is 0.142. The summed E-state index contributed by atoms with van der Waals surface area (Å²) < 4.78 is 14.4. The molecule has 0 bridgehead atoms. The first-order valence-electron chi connectivity index (χ1n) is 6.54. The summed E-state index contributed by atoms with van der Waals surface area (Å²) in [5.41, 5.74) is -0.166. The van der Waals surface area contributed by atoms with Crippen molar-refractivity contribution in [3.05, 3.63) is 71.8 Å². The summed E-state index contributed by atoms with van der Waals surface area (Å²) in [6.07, 6.45) is -2.72. The van der Waals surface area contributed by atoms with E-state index in [1.165, 1.54) is 0 Å². The average molecular weight is 288 g/mol. The molecule has 21 heavy (non-hydrogen) atoms. The van der Waals surface area contributed by atoms with Crippen LogP contribution in [-0.2, 0) is 5.66 Å². The van der Waals surface area contributed by atoms with Crippen LogP contribution < -0.4 is 10.6 Å². The molecule has 2 rings (SSSR count). The molecule has 2 aromatic rings. The number of amides is 1. The van der Waals surface area contributed by atoms with E-state index in [0.717, 1.165) is 0 Å². The van der Waals surface area contributed by atoms with Crippen molar-refractivity contribution in [3.63, 3.8) is 0 Å². The van der Waals surface area contributed by atoms with E-state index in [4.69, 9.17) is 5.11 Å². The van der Waals surface area contributed by atoms with E-state index >= 15 is 0 Å². The quantitative estimate of drug-likeness (QED) is 0.584. The van der Waals surface area contributed by atoms with Crippen LogP contribution in [0.3, 0.4) is 0 Å². The standard InChI is InChI=1S/C16H17FN2O2/c1-16(19-15(20)21,13-10-6-3-7-11-13)18-14(17)12-8-4-2-5-9-12/h2-11,14,18-19H,1H3,(H,20,21). The zero-order valence-corrected chi connectivity index (χ0v) is 11.6. The van der Waals surface area contributed by atoms with Crippen LogP contribution in [0.2, 0.25) is 0 Å². The van der Waals surface area contributed by atoms with Gasteiger partial charge in [-0.25, -0.2) is 9.18 Å². The molecule has 0 radical (unpaired) electrons. The largest absolute Gasteiger partial charge is 0.465 e. The van der Waals surface area contributed by atoms with Gasteiger partial charge in [0.05, 0.1) is 0 Å². The van der Waals surface area contributed by atoms with Crippen LogP contribution in [0.25, 0.3) is 0 Å². The molecule has 1 amide bonds. The minimum atomic E-state index is -1.50. The lowest BCUT2D eigenvalue weighted by Crippen LogP contribution is -2.54. The predicted octanol–water partition coefficient (Wildman–Crippen LogP) is 3.38. The average Bonchev–Trinajstić information content (AvgIpc) is 2.48. The third-order valence-corrected chi connectivity index (χ3v) is 3.22. The highest BCUT2D eigenvalue weighted by Crippen LogP contribution is 2.24. The van der Waals surface area contributed by atoms with E-state index < -0.39 is 18.1 Å². The second-order valence-corrected chi connectivity index (χ2v) is 4.84. The van der Waals surface area contributed by atoms with Crippen molar-refractivity contribution in [1.82, 2.24) is 10.6 Å². The number of hydrogen-bond acceptors (Lipinski definition) is 2. The predicted molar refractivity (Wildman–Crippen MR) is 78.4 cm³/mol. The molecule has 0 heterocycles. The molecule has 2 aromatic carbocycles. The van der Waals surface area contributed by atoms with Gasteiger partial charge in [-0.15, -0.1) is 0 Å². The van der Waals surface area contributed by atoms with Crippen LogP contribution in [0, 0.1) is 0 Å². The number of carbonyl (C=O) groups is 1. The van der Waals surface area contributed by atoms with Gasteiger partial charge in [0, 0.05) is 5.56 Å². The summed E-state index contributed by atoms with van der Waals surface area (Å²) in [4.78, 5) is 11.0. The van der Waals surface area contributed by atoms with Crippen molar-refractivity contribution in [2.45, 2.75) is 18.9 Å². The maximum absolute atomic E-state index is 14.4. The Bertz CT molecular complexity index is 592. The molecular formula is C16H17FN2O2. The number of carboxylic acid groups (broad SMARTS) is 1. The highest BCUT2D eigenvalue weighted by atomic mass is 19.1. The van der Waals surface area contributed by atoms with E-state index in [1.807, 2.05) is 6.07 Å². The Morgan fingerprint density at radius 3 is 2.14 bits per heavy atom. The first-order chi connectivity index (χ1) is 10.0. The van der Waals surface area contributed by atoms with Gasteiger partial charge in [0.25, 0.3) is 0 Å². The second-order valence-electron chi connectivity index (χ2n) is 4.84. The minimum absolute atomic E-state index is 0.437. The molecule has 5 heteroatoms. The third kappa shape index (κ3) is 3.79. The molecular weight excluding hydrogens is 271 g/mol. The van der Waals surface area contributed by atoms with Gasteiger partial charge in [-0.3, -0.25) is 10.6 Å². The number of hydrogen-bond donors (Lipinski definition) is 3. The molecule has 0 aliphatic carbocycles. The van der Waals surface area contributed by atoms with Gasteiger partial charge in [0.1, 0.15) is 5.66 Å². The SMILES string of the molecule is CC(NC(=O)O)(NC(F)c1ccccc1)c1ccccc1. The summed E-state index contributed by atoms with van der Waals surface area (Å²) in [5, 5.41) is 14.1. The van der Waals surface area contributed by atoms with Crippen LogP contribution in [0.1, 0.15) is 24.3 Å². The Labute approximate surface area is 122 Å². The first kappa shape index (κ1) is 15.0. The van der Waals surface area contributed by atoms with Crippen molar-refractivity contribution < 1.29 is 14.3 Å². The van der Waals surface area contributed by atoms with E-state index in [-0.39, 0.29) is 0 Å². The molecule has 4 nitrogen and oxygen atoms in total. The van der Waals surface area contributed by atoms with Crippen molar-refractivity contribution in [3.8, 4) is 0 Å². The van der Waals surface area contributed by atoms with Crippen LogP contribution in [0.15, 0.2) is 60.7 Å². The van der Waals surface area contributed by atoms with Crippen molar-refractivity contribution in [1.29, 1.82) is 0 Å². The zero-order valence-electron chi connectivity index (χ0n) is 11.6. The first-order valence-corrected chi connectivity index (χ1v) is 6.54. The highest BCUT2D eigenvalue weighted by molar-refractivity contribution is 5.66. The van der Waals surface area contributed by atoms with E-state index in [9.17, 15) is 9.18 Å². The van der Waals surface area contributed by atoms with Gasteiger partial charge >= 0.3 is 6.09 Å². The number of benzene rings is 2. The fourth-order valence-corrected chi connectivity index (χ4v) is 2.14. The zero-order chi connectivity index (χ0) is 15.3. The van der Waals surface area contributed by atoms with Crippen LogP contribution in [0.4, 0.5) is 9.18 Å². The summed E-state index contributed by atoms with van der Waals surface area (Å²) in [6, 6.07) is 17.4. The van der Waals surface area contributed by atoms with Crippen molar-refractivity contribution >= 4 is 6.09 Å². The summed E-state index contributed by atoms with van der Waals surface area (Å²) in [5.74, 6) is 0. The number of rotatable bonds is 5. The fraction of sp³-hybridized carbons (Fsp3) is 0.188. The van der Waals surface area contributed by atoms with Gasteiger partial charge in [-0.05, 0) is 12.5 Å². The summed E-state index contributed by atoms with van der Waals surface area (Å²) in [6.45, 7) is 1.59. The molecule has 0 saturated carbocycles. The number of nitrogens with one attached hydrogen (secondary N) is 2. The molecule has 0 aliphatic rings. The fourth-order valence-electron chi connectivity index (χ4n) is 2.14. The van der Waals surface area contributed by atoms with Crippen molar-refractivity contribution in [2.24, 2.45) is 0 Å². The Morgan fingerprint density at radius 2 is 1.62 bits per heavy atom. The van der Waals surface area contributed by atoms with Gasteiger partial charge < -0.3 is 5.11 Å². The van der Waals surface area contributed by atoms with E-state index in [2.05, 4.69) is 10.6 Å². The summed E-state index contributed by atoms with van der Waals surface area (Å²) in [7, 11) is 0. The molecule has 2 atom stereocenters. The van der Waals surface area contributed by atoms with Crippen molar-refractivity contribution in [2.75, 3.05) is 0 Å². The Balaban J connectivity index is 2.27. The molecule has 0 fully saturated rings. The minimum Gasteiger partial charge on any atom is -0.465 e. The highest BCUT2D eigenvalue weighted by Gasteiger charge is 2.31. The lowest BCUT2D eigenvalue weighted by atomic mass is 10.0. The lowest BCUT2D eigenvalue weighted by Gasteiger charge is -2.33. The van der Waals surface area contributed by atoms with E-state index in [0.29, 0.717) is 11.1 Å².